The Morgan fingerprint density at radius 2 is 2.00 bits per heavy atom. The third-order valence-electron chi connectivity index (χ3n) is 5.46. The first-order chi connectivity index (χ1) is 16.2. The summed E-state index contributed by atoms with van der Waals surface area (Å²) in [6.45, 7) is 7.33. The average Bonchev–Trinajstić information content (AvgIpc) is 3.30. The first-order valence-corrected chi connectivity index (χ1v) is 12.3. The Bertz CT molecular complexity index is 925. The third-order valence-corrected chi connectivity index (χ3v) is 6.67. The molecule has 186 valence electrons. The van der Waals surface area contributed by atoms with Crippen molar-refractivity contribution in [2.75, 3.05) is 39.9 Å². The van der Waals surface area contributed by atoms with Gasteiger partial charge in [-0.15, -0.1) is 11.3 Å². The number of benzene rings is 1. The Morgan fingerprint density at radius 1 is 1.29 bits per heavy atom. The number of aromatic nitrogens is 1. The predicted octanol–water partition coefficient (Wildman–Crippen LogP) is 2.35. The van der Waals surface area contributed by atoms with Crippen LogP contribution in [0.3, 0.4) is 0 Å². The second-order valence-electron chi connectivity index (χ2n) is 8.90. The van der Waals surface area contributed by atoms with Crippen LogP contribution >= 0.6 is 11.3 Å². The molecule has 1 aliphatic heterocycles. The van der Waals surface area contributed by atoms with Gasteiger partial charge in [-0.3, -0.25) is 4.90 Å². The average molecular weight is 491 g/mol. The molecule has 2 amide bonds. The molecular weight excluding hydrogens is 456 g/mol. The summed E-state index contributed by atoms with van der Waals surface area (Å²) in [7, 11) is 1.65. The number of nitrogens with zero attached hydrogens (tertiary/aromatic N) is 3. The zero-order chi connectivity index (χ0) is 24.6. The van der Waals surface area contributed by atoms with Gasteiger partial charge < -0.3 is 24.8 Å². The molecule has 2 heterocycles. The molecule has 0 spiro atoms. The number of amides is 2. The molecule has 34 heavy (non-hydrogen) atoms. The number of hydrogen-bond acceptors (Lipinski definition) is 8. The van der Waals surface area contributed by atoms with Crippen LogP contribution < -0.4 is 5.32 Å². The largest absolute Gasteiger partial charge is 0.459 e. The molecule has 1 saturated heterocycles. The van der Waals surface area contributed by atoms with Gasteiger partial charge in [-0.2, -0.15) is 0 Å². The summed E-state index contributed by atoms with van der Waals surface area (Å²) < 4.78 is 10.9. The number of esters is 1. The molecule has 2 aromatic rings. The summed E-state index contributed by atoms with van der Waals surface area (Å²) in [6, 6.07) is 8.29. The smallest absolute Gasteiger partial charge is 0.329 e. The molecule has 3 rings (SSSR count). The highest BCUT2D eigenvalue weighted by atomic mass is 32.1. The van der Waals surface area contributed by atoms with Gasteiger partial charge in [-0.05, 0) is 25.8 Å². The second kappa shape index (κ2) is 12.3. The summed E-state index contributed by atoms with van der Waals surface area (Å²) in [5.41, 5.74) is 0.533. The summed E-state index contributed by atoms with van der Waals surface area (Å²) in [5, 5.41) is 15.4. The Labute approximate surface area is 204 Å². The molecule has 2 N–H and O–H groups in total. The van der Waals surface area contributed by atoms with Crippen molar-refractivity contribution in [3.63, 3.8) is 0 Å². The van der Waals surface area contributed by atoms with Crippen LogP contribution in [0.5, 0.6) is 0 Å². The van der Waals surface area contributed by atoms with Crippen molar-refractivity contribution in [2.45, 2.75) is 45.1 Å². The van der Waals surface area contributed by atoms with Crippen LogP contribution in [0.15, 0.2) is 35.7 Å². The van der Waals surface area contributed by atoms with Gasteiger partial charge in [0.05, 0.1) is 25.5 Å². The number of carbonyl (C=O) groups is 2. The number of rotatable bonds is 10. The van der Waals surface area contributed by atoms with Crippen molar-refractivity contribution in [1.29, 1.82) is 0 Å². The van der Waals surface area contributed by atoms with Gasteiger partial charge in [0.15, 0.2) is 0 Å². The monoisotopic (exact) mass is 490 g/mol. The Balaban J connectivity index is 1.59. The van der Waals surface area contributed by atoms with Gasteiger partial charge in [-0.25, -0.2) is 14.6 Å². The molecular formula is C24H34N4O5S. The number of aliphatic hydroxyl groups is 1. The molecule has 1 fully saturated rings. The van der Waals surface area contributed by atoms with Crippen molar-refractivity contribution in [2.24, 2.45) is 0 Å². The van der Waals surface area contributed by atoms with Crippen LogP contribution in [0.1, 0.15) is 36.5 Å². The lowest BCUT2D eigenvalue weighted by molar-refractivity contribution is -0.147. The maximum atomic E-state index is 12.9. The Hall–Kier alpha value is -2.53. The van der Waals surface area contributed by atoms with Gasteiger partial charge in [0.2, 0.25) is 0 Å². The number of morpholine rings is 1. The summed E-state index contributed by atoms with van der Waals surface area (Å²) >= 11 is 1.35. The maximum absolute atomic E-state index is 12.9. The molecule has 0 radical (unpaired) electrons. The van der Waals surface area contributed by atoms with E-state index < -0.39 is 17.6 Å². The van der Waals surface area contributed by atoms with E-state index in [0.717, 1.165) is 18.7 Å². The number of thiazole rings is 1. The van der Waals surface area contributed by atoms with E-state index in [9.17, 15) is 14.7 Å². The number of ether oxygens (including phenoxy) is 2. The van der Waals surface area contributed by atoms with Crippen molar-refractivity contribution in [1.82, 2.24) is 20.1 Å². The van der Waals surface area contributed by atoms with Gasteiger partial charge in [0.25, 0.3) is 0 Å². The van der Waals surface area contributed by atoms with Gasteiger partial charge in [0.1, 0.15) is 23.3 Å². The second-order valence-corrected chi connectivity index (χ2v) is 9.76. The van der Waals surface area contributed by atoms with Gasteiger partial charge >= 0.3 is 12.0 Å². The quantitative estimate of drug-likeness (QED) is 0.493. The molecule has 1 aromatic carbocycles. The van der Waals surface area contributed by atoms with Crippen LogP contribution in [-0.2, 0) is 33.0 Å². The highest BCUT2D eigenvalue weighted by molar-refractivity contribution is 7.09. The van der Waals surface area contributed by atoms with E-state index in [4.69, 9.17) is 9.47 Å². The predicted molar refractivity (Wildman–Crippen MR) is 129 cm³/mol. The third kappa shape index (κ3) is 8.05. The highest BCUT2D eigenvalue weighted by Crippen LogP contribution is 2.23. The molecule has 1 aromatic heterocycles. The SMILES string of the molecule is CN(Cc1csc(C(C)(C)O)n1)C(=O)N[C@@H](CCN1CCOCC1)C(=O)OCc1ccccc1. The van der Waals surface area contributed by atoms with E-state index in [2.05, 4.69) is 15.2 Å². The zero-order valence-corrected chi connectivity index (χ0v) is 20.8. The first kappa shape index (κ1) is 26.1. The maximum Gasteiger partial charge on any atom is 0.329 e. The minimum atomic E-state index is -1.03. The fraction of sp³-hybridized carbons (Fsp3) is 0.542. The molecule has 0 unspecified atom stereocenters. The van der Waals surface area contributed by atoms with Crippen molar-refractivity contribution < 1.29 is 24.2 Å². The highest BCUT2D eigenvalue weighted by Gasteiger charge is 2.26. The fourth-order valence-electron chi connectivity index (χ4n) is 3.45. The zero-order valence-electron chi connectivity index (χ0n) is 20.0. The minimum absolute atomic E-state index is 0.151. The van der Waals surface area contributed by atoms with Crippen molar-refractivity contribution in [3.8, 4) is 0 Å². The van der Waals surface area contributed by atoms with E-state index in [0.29, 0.717) is 36.9 Å². The van der Waals surface area contributed by atoms with Gasteiger partial charge in [-0.1, -0.05) is 30.3 Å². The van der Waals surface area contributed by atoms with Gasteiger partial charge in [0, 0.05) is 32.1 Å². The summed E-state index contributed by atoms with van der Waals surface area (Å²) in [6.07, 6.45) is 0.437. The number of carbonyl (C=O) groups excluding carboxylic acids is 2. The summed E-state index contributed by atoms with van der Waals surface area (Å²) in [4.78, 5) is 33.9. The van der Waals surface area contributed by atoms with E-state index >= 15 is 0 Å². The standard InChI is InChI=1S/C24H34N4O5S/c1-24(2,31)22-25-19(17-34-22)15-27(3)23(30)26-20(9-10-28-11-13-32-14-12-28)21(29)33-16-18-7-5-4-6-8-18/h4-8,17,20,31H,9-16H2,1-3H3,(H,26,30)/t20-/m0/s1. The Morgan fingerprint density at radius 3 is 2.65 bits per heavy atom. The topological polar surface area (TPSA) is 104 Å². The van der Waals surface area contributed by atoms with E-state index in [1.54, 1.807) is 20.9 Å². The lowest BCUT2D eigenvalue weighted by Gasteiger charge is -2.28. The van der Waals surface area contributed by atoms with Crippen LogP contribution in [0.2, 0.25) is 0 Å². The number of hydrogen-bond donors (Lipinski definition) is 2. The molecule has 0 saturated carbocycles. The first-order valence-electron chi connectivity index (χ1n) is 11.4. The lowest BCUT2D eigenvalue weighted by atomic mass is 10.1. The van der Waals surface area contributed by atoms with Crippen molar-refractivity contribution >= 4 is 23.3 Å². The molecule has 0 bridgehead atoms. The molecule has 0 aliphatic carbocycles. The number of urea groups is 1. The normalized spacial score (nSPS) is 15.5. The van der Waals surface area contributed by atoms with Crippen LogP contribution in [0, 0.1) is 0 Å². The van der Waals surface area contributed by atoms with Crippen LogP contribution in [-0.4, -0.2) is 77.8 Å². The minimum Gasteiger partial charge on any atom is -0.459 e. The Kier molecular flexibility index (Phi) is 9.40. The molecule has 1 atom stereocenters. The fourth-order valence-corrected chi connectivity index (χ4v) is 4.28. The number of nitrogens with one attached hydrogen (secondary N) is 1. The molecule has 10 heteroatoms. The van der Waals surface area contributed by atoms with Crippen LogP contribution in [0.25, 0.3) is 0 Å². The van der Waals surface area contributed by atoms with E-state index in [1.165, 1.54) is 16.2 Å². The molecule has 9 nitrogen and oxygen atoms in total. The lowest BCUT2D eigenvalue weighted by Crippen LogP contribution is -2.49. The van der Waals surface area contributed by atoms with E-state index in [-0.39, 0.29) is 19.2 Å². The van der Waals surface area contributed by atoms with Crippen molar-refractivity contribution in [3.05, 3.63) is 52.0 Å². The van der Waals surface area contributed by atoms with E-state index in [1.807, 2.05) is 35.7 Å². The molecule has 1 aliphatic rings. The summed E-state index contributed by atoms with van der Waals surface area (Å²) in [5.74, 6) is -0.461. The van der Waals surface area contributed by atoms with Crippen LogP contribution in [0.4, 0.5) is 4.79 Å².